The van der Waals surface area contributed by atoms with Crippen LogP contribution < -0.4 is 10.6 Å². The number of nitrogens with zero attached hydrogens (tertiary/aromatic N) is 2. The lowest BCUT2D eigenvalue weighted by atomic mass is 9.98. The fraction of sp³-hybridized carbons (Fsp3) is 0.333. The number of aromatic nitrogens is 1. The summed E-state index contributed by atoms with van der Waals surface area (Å²) in [5, 5.41) is 4.53. The number of hydrogen-bond donors (Lipinski definition) is 2. The first kappa shape index (κ1) is 25.2. The molecular formula is C21H22F2N4O6S. The highest BCUT2D eigenvalue weighted by atomic mass is 32.2. The van der Waals surface area contributed by atoms with Crippen LogP contribution in [0.15, 0.2) is 47.6 Å². The Morgan fingerprint density at radius 1 is 1.09 bits per heavy atom. The van der Waals surface area contributed by atoms with Gasteiger partial charge < -0.3 is 15.4 Å². The van der Waals surface area contributed by atoms with E-state index >= 15 is 0 Å². The number of esters is 1. The van der Waals surface area contributed by atoms with Gasteiger partial charge in [0.1, 0.15) is 4.90 Å². The maximum Gasteiger partial charge on any atom is 0.309 e. The van der Waals surface area contributed by atoms with E-state index in [1.165, 1.54) is 28.8 Å². The van der Waals surface area contributed by atoms with E-state index in [0.717, 1.165) is 18.2 Å². The molecule has 3 rings (SSSR count). The summed E-state index contributed by atoms with van der Waals surface area (Å²) in [5.74, 6) is -4.81. The van der Waals surface area contributed by atoms with Gasteiger partial charge in [-0.05, 0) is 37.1 Å². The number of sulfonamides is 1. The van der Waals surface area contributed by atoms with Crippen molar-refractivity contribution in [3.63, 3.8) is 0 Å². The fourth-order valence-corrected chi connectivity index (χ4v) is 4.68. The van der Waals surface area contributed by atoms with Gasteiger partial charge in [0, 0.05) is 37.2 Å². The summed E-state index contributed by atoms with van der Waals surface area (Å²) < 4.78 is 57.5. The Kier molecular flexibility index (Phi) is 8.23. The number of pyridine rings is 1. The molecule has 0 atom stereocenters. The average Bonchev–Trinajstić information content (AvgIpc) is 2.84. The van der Waals surface area contributed by atoms with Crippen LogP contribution in [0, 0.1) is 17.6 Å². The lowest BCUT2D eigenvalue weighted by Gasteiger charge is -2.29. The summed E-state index contributed by atoms with van der Waals surface area (Å²) in [6.45, 7) is -0.855. The number of halogens is 2. The monoisotopic (exact) mass is 496 g/mol. The Hall–Kier alpha value is -3.45. The lowest BCUT2D eigenvalue weighted by Crippen LogP contribution is -2.41. The first-order valence-corrected chi connectivity index (χ1v) is 11.7. The van der Waals surface area contributed by atoms with Gasteiger partial charge in [-0.25, -0.2) is 17.2 Å². The van der Waals surface area contributed by atoms with Gasteiger partial charge in [-0.3, -0.25) is 19.4 Å². The molecular weight excluding hydrogens is 474 g/mol. The van der Waals surface area contributed by atoms with Gasteiger partial charge in [-0.1, -0.05) is 0 Å². The predicted octanol–water partition coefficient (Wildman–Crippen LogP) is 1.06. The number of amides is 2. The molecule has 2 aromatic rings. The van der Waals surface area contributed by atoms with Crippen LogP contribution >= 0.6 is 0 Å². The van der Waals surface area contributed by atoms with Crippen molar-refractivity contribution in [1.29, 1.82) is 0 Å². The molecule has 0 aliphatic carbocycles. The molecule has 2 amide bonds. The van der Waals surface area contributed by atoms with E-state index in [1.807, 2.05) is 0 Å². The summed E-state index contributed by atoms with van der Waals surface area (Å²) in [5.41, 5.74) is 0.0152. The number of carbonyl (C=O) groups is 3. The van der Waals surface area contributed by atoms with Crippen molar-refractivity contribution in [2.45, 2.75) is 17.7 Å². The lowest BCUT2D eigenvalue weighted by molar-refractivity contribution is -0.153. The van der Waals surface area contributed by atoms with E-state index in [1.54, 1.807) is 0 Å². The normalized spacial score (nSPS) is 14.9. The number of piperidine rings is 1. The molecule has 2 N–H and O–H groups in total. The quantitative estimate of drug-likeness (QED) is 0.522. The maximum atomic E-state index is 13.2. The van der Waals surface area contributed by atoms with E-state index in [2.05, 4.69) is 15.6 Å². The van der Waals surface area contributed by atoms with Crippen molar-refractivity contribution < 1.29 is 36.3 Å². The second-order valence-corrected chi connectivity index (χ2v) is 9.37. The number of hydrogen-bond acceptors (Lipinski definition) is 7. The third-order valence-electron chi connectivity index (χ3n) is 5.05. The number of nitrogens with one attached hydrogen (secondary N) is 2. The van der Waals surface area contributed by atoms with Crippen LogP contribution in [0.25, 0.3) is 0 Å². The average molecular weight is 496 g/mol. The zero-order valence-corrected chi connectivity index (χ0v) is 18.7. The van der Waals surface area contributed by atoms with E-state index in [-0.39, 0.29) is 36.5 Å². The Morgan fingerprint density at radius 3 is 2.47 bits per heavy atom. The van der Waals surface area contributed by atoms with Gasteiger partial charge in [0.15, 0.2) is 18.2 Å². The molecule has 1 aliphatic heterocycles. The summed E-state index contributed by atoms with van der Waals surface area (Å²) in [4.78, 5) is 39.8. The van der Waals surface area contributed by atoms with Crippen LogP contribution in [0.4, 0.5) is 14.5 Å². The molecule has 34 heavy (non-hydrogen) atoms. The minimum atomic E-state index is -3.70. The van der Waals surface area contributed by atoms with Crippen molar-refractivity contribution in [2.24, 2.45) is 5.92 Å². The number of benzene rings is 1. The Bertz CT molecular complexity index is 1160. The third kappa shape index (κ3) is 6.54. The standard InChI is InChI=1S/C21H22F2N4O6S/c22-17-4-3-15(10-18(17)23)26-19(28)12-25-20(29)13-33-21(30)14-5-8-27(9-6-14)34(31,32)16-2-1-7-24-11-16/h1-4,7,10-11,14H,5-6,8-9,12-13H2,(H,25,29)(H,26,28). The van der Waals surface area contributed by atoms with Gasteiger partial charge in [0.05, 0.1) is 12.5 Å². The highest BCUT2D eigenvalue weighted by molar-refractivity contribution is 7.89. The smallest absolute Gasteiger partial charge is 0.309 e. The van der Waals surface area contributed by atoms with Gasteiger partial charge in [0.25, 0.3) is 5.91 Å². The minimum Gasteiger partial charge on any atom is -0.455 e. The molecule has 0 saturated carbocycles. The Morgan fingerprint density at radius 2 is 1.82 bits per heavy atom. The number of rotatable bonds is 8. The summed E-state index contributed by atoms with van der Waals surface area (Å²) in [6.07, 6.45) is 3.19. The molecule has 10 nitrogen and oxygen atoms in total. The number of ether oxygens (including phenoxy) is 1. The molecule has 1 fully saturated rings. The molecule has 1 saturated heterocycles. The van der Waals surface area contributed by atoms with Crippen LogP contribution in [-0.4, -0.2) is 61.7 Å². The molecule has 2 heterocycles. The molecule has 182 valence electrons. The van der Waals surface area contributed by atoms with Gasteiger partial charge >= 0.3 is 5.97 Å². The second kappa shape index (κ2) is 11.1. The first-order valence-electron chi connectivity index (χ1n) is 10.2. The van der Waals surface area contributed by atoms with E-state index < -0.39 is 58.5 Å². The topological polar surface area (TPSA) is 135 Å². The second-order valence-electron chi connectivity index (χ2n) is 7.43. The van der Waals surface area contributed by atoms with E-state index in [9.17, 15) is 31.6 Å². The zero-order chi connectivity index (χ0) is 24.7. The SMILES string of the molecule is O=C(COC(=O)C1CCN(S(=O)(=O)c2cccnc2)CC1)NCC(=O)Nc1ccc(F)c(F)c1. The summed E-state index contributed by atoms with van der Waals surface area (Å²) in [6, 6.07) is 5.77. The molecule has 1 aromatic carbocycles. The molecule has 13 heteroatoms. The van der Waals surface area contributed by atoms with Gasteiger partial charge in [0.2, 0.25) is 15.9 Å². The van der Waals surface area contributed by atoms with Crippen molar-refractivity contribution in [2.75, 3.05) is 31.6 Å². The zero-order valence-electron chi connectivity index (χ0n) is 17.9. The van der Waals surface area contributed by atoms with E-state index in [0.29, 0.717) is 0 Å². The Labute approximate surface area is 194 Å². The maximum absolute atomic E-state index is 13.2. The van der Waals surface area contributed by atoms with Crippen molar-refractivity contribution in [3.8, 4) is 0 Å². The largest absolute Gasteiger partial charge is 0.455 e. The molecule has 0 radical (unpaired) electrons. The van der Waals surface area contributed by atoms with Crippen LogP contribution in [0.3, 0.4) is 0 Å². The van der Waals surface area contributed by atoms with Crippen molar-refractivity contribution in [1.82, 2.24) is 14.6 Å². The molecule has 1 aromatic heterocycles. The van der Waals surface area contributed by atoms with E-state index in [4.69, 9.17) is 4.74 Å². The van der Waals surface area contributed by atoms with Crippen molar-refractivity contribution >= 4 is 33.5 Å². The van der Waals surface area contributed by atoms with Crippen LogP contribution in [0.2, 0.25) is 0 Å². The van der Waals surface area contributed by atoms with Crippen LogP contribution in [0.1, 0.15) is 12.8 Å². The Balaban J connectivity index is 1.38. The van der Waals surface area contributed by atoms with Crippen molar-refractivity contribution in [3.05, 3.63) is 54.4 Å². The third-order valence-corrected chi connectivity index (χ3v) is 6.94. The highest BCUT2D eigenvalue weighted by Gasteiger charge is 2.33. The fourth-order valence-electron chi connectivity index (χ4n) is 3.24. The number of carbonyl (C=O) groups excluding carboxylic acids is 3. The highest BCUT2D eigenvalue weighted by Crippen LogP contribution is 2.24. The number of anilines is 1. The molecule has 1 aliphatic rings. The molecule has 0 bridgehead atoms. The van der Waals surface area contributed by atoms with Gasteiger partial charge in [-0.2, -0.15) is 4.31 Å². The predicted molar refractivity (Wildman–Crippen MR) is 115 cm³/mol. The molecule has 0 unspecified atom stereocenters. The molecule has 0 spiro atoms. The van der Waals surface area contributed by atoms with Crippen LogP contribution in [-0.2, 0) is 29.1 Å². The van der Waals surface area contributed by atoms with Gasteiger partial charge in [-0.15, -0.1) is 0 Å². The summed E-state index contributed by atoms with van der Waals surface area (Å²) in [7, 11) is -3.70. The van der Waals surface area contributed by atoms with Crippen LogP contribution in [0.5, 0.6) is 0 Å². The first-order chi connectivity index (χ1) is 16.2. The minimum absolute atomic E-state index is 0.0152. The summed E-state index contributed by atoms with van der Waals surface area (Å²) >= 11 is 0.